The van der Waals surface area contributed by atoms with Crippen molar-refractivity contribution in [3.8, 4) is 0 Å². The number of hydrogen-bond donors (Lipinski definition) is 0. The monoisotopic (exact) mass is 259 g/mol. The van der Waals surface area contributed by atoms with Crippen LogP contribution in [0.25, 0.3) is 0 Å². The van der Waals surface area contributed by atoms with E-state index in [2.05, 4.69) is 4.74 Å². The second-order valence-corrected chi connectivity index (χ2v) is 4.36. The largest absolute Gasteiger partial charge is 0.469 e. The molecular weight excluding hydrogens is 234 g/mol. The molecule has 0 aliphatic rings. The zero-order valence-corrected chi connectivity index (χ0v) is 11.9. The number of hydrogen-bond acceptors (Lipinski definition) is 4. The lowest BCUT2D eigenvalue weighted by Crippen LogP contribution is -2.37. The molecule has 0 aliphatic heterocycles. The lowest BCUT2D eigenvalue weighted by Gasteiger charge is -2.24. The molecule has 0 unspecified atom stereocenters. The second-order valence-electron chi connectivity index (χ2n) is 4.36. The van der Waals surface area contributed by atoms with Gasteiger partial charge in [-0.1, -0.05) is 13.8 Å². The first kappa shape index (κ1) is 16.9. The van der Waals surface area contributed by atoms with Crippen molar-refractivity contribution in [2.45, 2.75) is 33.6 Å². The Morgan fingerprint density at radius 1 is 1.22 bits per heavy atom. The van der Waals surface area contributed by atoms with Gasteiger partial charge in [-0.05, 0) is 13.3 Å². The highest BCUT2D eigenvalue weighted by Gasteiger charge is 2.17. The maximum absolute atomic E-state index is 11.9. The summed E-state index contributed by atoms with van der Waals surface area (Å²) in [4.78, 5) is 24.7. The molecule has 0 atom stereocenters. The number of esters is 1. The number of ether oxygens (including phenoxy) is 2. The Balaban J connectivity index is 4.16. The lowest BCUT2D eigenvalue weighted by atomic mass is 10.2. The van der Waals surface area contributed by atoms with Crippen LogP contribution in [0.5, 0.6) is 0 Å². The summed E-state index contributed by atoms with van der Waals surface area (Å²) >= 11 is 0. The number of carbonyl (C=O) groups excluding carboxylic acids is 2. The molecular formula is C13H25NO4. The van der Waals surface area contributed by atoms with Gasteiger partial charge in [-0.2, -0.15) is 0 Å². The third-order valence-electron chi connectivity index (χ3n) is 2.54. The summed E-state index contributed by atoms with van der Waals surface area (Å²) in [6.45, 7) is 8.00. The van der Waals surface area contributed by atoms with Crippen LogP contribution in [0.4, 0.5) is 0 Å². The zero-order valence-electron chi connectivity index (χ0n) is 11.9. The molecule has 5 nitrogen and oxygen atoms in total. The Hall–Kier alpha value is -1.10. The van der Waals surface area contributed by atoms with Crippen LogP contribution in [0.3, 0.4) is 0 Å². The van der Waals surface area contributed by atoms with E-state index in [1.807, 2.05) is 20.8 Å². The minimum Gasteiger partial charge on any atom is -0.469 e. The summed E-state index contributed by atoms with van der Waals surface area (Å²) in [5.74, 6) is -0.286. The highest BCUT2D eigenvalue weighted by atomic mass is 16.5. The van der Waals surface area contributed by atoms with Gasteiger partial charge in [0.15, 0.2) is 0 Å². The van der Waals surface area contributed by atoms with E-state index in [9.17, 15) is 9.59 Å². The van der Waals surface area contributed by atoms with Crippen molar-refractivity contribution in [2.24, 2.45) is 5.92 Å². The molecule has 0 aromatic heterocycles. The molecule has 0 saturated heterocycles. The molecule has 0 aromatic carbocycles. The molecule has 0 saturated carbocycles. The molecule has 0 bridgehead atoms. The number of rotatable bonds is 9. The van der Waals surface area contributed by atoms with Crippen LogP contribution in [0.1, 0.15) is 33.6 Å². The fraction of sp³-hybridized carbons (Fsp3) is 0.846. The molecule has 106 valence electrons. The van der Waals surface area contributed by atoms with Gasteiger partial charge >= 0.3 is 5.97 Å². The smallest absolute Gasteiger partial charge is 0.307 e. The lowest BCUT2D eigenvalue weighted by molar-refractivity contribution is -0.142. The van der Waals surface area contributed by atoms with Gasteiger partial charge in [0.05, 0.1) is 13.5 Å². The zero-order chi connectivity index (χ0) is 14.0. The second kappa shape index (κ2) is 9.88. The molecule has 0 fully saturated rings. The minimum atomic E-state index is -0.290. The normalized spacial score (nSPS) is 10.5. The molecule has 0 rings (SSSR count). The molecule has 0 aromatic rings. The average molecular weight is 259 g/mol. The minimum absolute atomic E-state index is 0.0604. The van der Waals surface area contributed by atoms with Crippen LogP contribution < -0.4 is 0 Å². The van der Waals surface area contributed by atoms with Gasteiger partial charge in [0.1, 0.15) is 0 Å². The summed E-state index contributed by atoms with van der Waals surface area (Å²) in [6, 6.07) is 0. The van der Waals surface area contributed by atoms with Gasteiger partial charge < -0.3 is 14.4 Å². The third-order valence-corrected chi connectivity index (χ3v) is 2.54. The Morgan fingerprint density at radius 3 is 2.39 bits per heavy atom. The van der Waals surface area contributed by atoms with Crippen LogP contribution in [0, 0.1) is 5.92 Å². The van der Waals surface area contributed by atoms with E-state index in [0.717, 1.165) is 6.42 Å². The van der Waals surface area contributed by atoms with E-state index in [0.29, 0.717) is 26.3 Å². The van der Waals surface area contributed by atoms with Crippen LogP contribution in [0.2, 0.25) is 0 Å². The van der Waals surface area contributed by atoms with Crippen molar-refractivity contribution < 1.29 is 19.1 Å². The Labute approximate surface area is 109 Å². The van der Waals surface area contributed by atoms with E-state index in [-0.39, 0.29) is 24.2 Å². The molecule has 0 spiro atoms. The van der Waals surface area contributed by atoms with Crippen LogP contribution >= 0.6 is 0 Å². The SMILES string of the molecule is CCOCCCN(CCC(=O)OC)C(=O)C(C)C. The molecule has 0 radical (unpaired) electrons. The first-order valence-electron chi connectivity index (χ1n) is 6.46. The van der Waals surface area contributed by atoms with Crippen LogP contribution in [-0.2, 0) is 19.1 Å². The quantitative estimate of drug-likeness (QED) is 0.464. The van der Waals surface area contributed by atoms with Crippen molar-refractivity contribution in [1.29, 1.82) is 0 Å². The number of methoxy groups -OCH3 is 1. The number of carbonyl (C=O) groups is 2. The van der Waals surface area contributed by atoms with E-state index >= 15 is 0 Å². The summed E-state index contributed by atoms with van der Waals surface area (Å²) < 4.78 is 9.82. The molecule has 1 amide bonds. The van der Waals surface area contributed by atoms with Gasteiger partial charge in [0, 0.05) is 32.2 Å². The first-order valence-corrected chi connectivity index (χ1v) is 6.46. The Morgan fingerprint density at radius 2 is 1.89 bits per heavy atom. The fourth-order valence-corrected chi connectivity index (χ4v) is 1.53. The van der Waals surface area contributed by atoms with Gasteiger partial charge in [0.25, 0.3) is 0 Å². The van der Waals surface area contributed by atoms with E-state index in [1.165, 1.54) is 7.11 Å². The highest BCUT2D eigenvalue weighted by Crippen LogP contribution is 2.04. The standard InChI is InChI=1S/C13H25NO4/c1-5-18-10-6-8-14(13(16)11(2)3)9-7-12(15)17-4/h11H,5-10H2,1-4H3. The fourth-order valence-electron chi connectivity index (χ4n) is 1.53. The van der Waals surface area contributed by atoms with Crippen LogP contribution in [0.15, 0.2) is 0 Å². The van der Waals surface area contributed by atoms with E-state index < -0.39 is 0 Å². The van der Waals surface area contributed by atoms with Gasteiger partial charge in [-0.25, -0.2) is 0 Å². The van der Waals surface area contributed by atoms with Crippen molar-refractivity contribution in [3.05, 3.63) is 0 Å². The topological polar surface area (TPSA) is 55.8 Å². The summed E-state index contributed by atoms with van der Waals surface area (Å²) in [5, 5.41) is 0. The molecule has 0 N–H and O–H groups in total. The first-order chi connectivity index (χ1) is 8.52. The Bertz CT molecular complexity index is 253. The van der Waals surface area contributed by atoms with Crippen molar-refractivity contribution in [3.63, 3.8) is 0 Å². The molecule has 0 aliphatic carbocycles. The van der Waals surface area contributed by atoms with Crippen molar-refractivity contribution >= 4 is 11.9 Å². The average Bonchev–Trinajstić information content (AvgIpc) is 2.36. The predicted molar refractivity (Wildman–Crippen MR) is 69.2 cm³/mol. The molecule has 0 heterocycles. The summed E-state index contributed by atoms with van der Waals surface area (Å²) in [6.07, 6.45) is 1.02. The van der Waals surface area contributed by atoms with E-state index in [4.69, 9.17) is 4.74 Å². The maximum atomic E-state index is 11.9. The van der Waals surface area contributed by atoms with Gasteiger partial charge in [0.2, 0.25) is 5.91 Å². The van der Waals surface area contributed by atoms with Crippen molar-refractivity contribution in [2.75, 3.05) is 33.4 Å². The van der Waals surface area contributed by atoms with Crippen molar-refractivity contribution in [1.82, 2.24) is 4.90 Å². The Kier molecular flexibility index (Phi) is 9.28. The number of nitrogens with zero attached hydrogens (tertiary/aromatic N) is 1. The summed E-state index contributed by atoms with van der Waals surface area (Å²) in [7, 11) is 1.35. The van der Waals surface area contributed by atoms with E-state index in [1.54, 1.807) is 4.90 Å². The molecule has 5 heteroatoms. The summed E-state index contributed by atoms with van der Waals surface area (Å²) in [5.41, 5.74) is 0. The predicted octanol–water partition coefficient (Wildman–Crippen LogP) is 1.46. The van der Waals surface area contributed by atoms with Gasteiger partial charge in [-0.3, -0.25) is 9.59 Å². The molecule has 18 heavy (non-hydrogen) atoms. The third kappa shape index (κ3) is 7.27. The van der Waals surface area contributed by atoms with Crippen LogP contribution in [-0.4, -0.2) is 50.2 Å². The number of amides is 1. The maximum Gasteiger partial charge on any atom is 0.307 e. The highest BCUT2D eigenvalue weighted by molar-refractivity contribution is 5.79. The van der Waals surface area contributed by atoms with Gasteiger partial charge in [-0.15, -0.1) is 0 Å².